The Labute approximate surface area is 87.4 Å². The Kier molecular flexibility index (Phi) is 6.03. The van der Waals surface area contributed by atoms with Gasteiger partial charge >= 0.3 is 12.1 Å². The maximum absolute atomic E-state index is 11.2. The second-order valence-corrected chi connectivity index (χ2v) is 3.49. The largest absolute Gasteiger partial charge is 0.465 e. The molecular formula is C8H14ClNO4. The molecule has 0 aromatic heterocycles. The second kappa shape index (κ2) is 6.48. The van der Waals surface area contributed by atoms with E-state index in [1.807, 2.05) is 19.2 Å². The molecule has 0 aliphatic rings. The Morgan fingerprint density at radius 2 is 2.07 bits per heavy atom. The van der Waals surface area contributed by atoms with Gasteiger partial charge < -0.3 is 15.2 Å². The molecule has 6 heteroatoms. The van der Waals surface area contributed by atoms with Crippen molar-refractivity contribution in [1.29, 1.82) is 0 Å². The lowest BCUT2D eigenvalue weighted by Gasteiger charge is -2.13. The van der Waals surface area contributed by atoms with Gasteiger partial charge in [-0.15, -0.1) is 11.6 Å². The smallest absolute Gasteiger partial charge is 0.405 e. The van der Waals surface area contributed by atoms with E-state index in [-0.39, 0.29) is 18.4 Å². The monoisotopic (exact) mass is 223 g/mol. The van der Waals surface area contributed by atoms with Crippen LogP contribution < -0.4 is 5.32 Å². The van der Waals surface area contributed by atoms with Gasteiger partial charge in [-0.3, -0.25) is 0 Å². The van der Waals surface area contributed by atoms with Crippen molar-refractivity contribution in [3.63, 3.8) is 0 Å². The maximum Gasteiger partial charge on any atom is 0.405 e. The molecule has 0 saturated carbocycles. The molecule has 0 aromatic carbocycles. The van der Waals surface area contributed by atoms with Crippen LogP contribution in [0.3, 0.4) is 0 Å². The molecule has 0 aromatic rings. The number of halogens is 1. The van der Waals surface area contributed by atoms with E-state index in [9.17, 15) is 9.59 Å². The predicted molar refractivity (Wildman–Crippen MR) is 51.5 cm³/mol. The van der Waals surface area contributed by atoms with Gasteiger partial charge in [0.2, 0.25) is 0 Å². The number of rotatable bonds is 5. The van der Waals surface area contributed by atoms with Crippen molar-refractivity contribution < 1.29 is 19.4 Å². The summed E-state index contributed by atoms with van der Waals surface area (Å²) in [6.45, 7) is 4.02. The van der Waals surface area contributed by atoms with Gasteiger partial charge in [0.05, 0.1) is 12.5 Å². The number of carboxylic acid groups (broad SMARTS) is 1. The van der Waals surface area contributed by atoms with Gasteiger partial charge in [-0.1, -0.05) is 13.8 Å². The molecule has 0 aliphatic carbocycles. The molecule has 2 N–H and O–H groups in total. The molecule has 14 heavy (non-hydrogen) atoms. The first kappa shape index (κ1) is 13.0. The van der Waals surface area contributed by atoms with Crippen LogP contribution in [0.5, 0.6) is 0 Å². The van der Waals surface area contributed by atoms with E-state index in [2.05, 4.69) is 0 Å². The van der Waals surface area contributed by atoms with Crippen LogP contribution >= 0.6 is 11.6 Å². The molecule has 1 amide bonds. The molecule has 1 atom stereocenters. The third-order valence-corrected chi connectivity index (χ3v) is 1.60. The first-order chi connectivity index (χ1) is 6.47. The molecule has 0 rings (SSSR count). The highest BCUT2D eigenvalue weighted by molar-refractivity contribution is 6.19. The Bertz CT molecular complexity index is 208. The van der Waals surface area contributed by atoms with Crippen molar-refractivity contribution in [2.75, 3.05) is 12.5 Å². The molecule has 0 fully saturated rings. The quantitative estimate of drug-likeness (QED) is 0.540. The van der Waals surface area contributed by atoms with Gasteiger partial charge in [-0.05, 0) is 5.92 Å². The minimum atomic E-state index is -1.29. The summed E-state index contributed by atoms with van der Waals surface area (Å²) in [6, 6.07) is -0.993. The van der Waals surface area contributed by atoms with Gasteiger partial charge in [0.25, 0.3) is 0 Å². The number of nitrogens with one attached hydrogen (secondary N) is 1. The van der Waals surface area contributed by atoms with Crippen molar-refractivity contribution in [1.82, 2.24) is 5.32 Å². The summed E-state index contributed by atoms with van der Waals surface area (Å²) in [5.74, 6) is -0.570. The average molecular weight is 224 g/mol. The number of hydrogen-bond acceptors (Lipinski definition) is 3. The van der Waals surface area contributed by atoms with Crippen molar-refractivity contribution >= 4 is 23.7 Å². The fourth-order valence-corrected chi connectivity index (χ4v) is 0.862. The van der Waals surface area contributed by atoms with Crippen LogP contribution in [-0.4, -0.2) is 35.7 Å². The summed E-state index contributed by atoms with van der Waals surface area (Å²) in [5.41, 5.74) is 0. The SMILES string of the molecule is CC(C)COC(=O)C(CCl)NC(=O)O. The summed E-state index contributed by atoms with van der Waals surface area (Å²) in [5, 5.41) is 10.3. The normalized spacial score (nSPS) is 12.3. The maximum atomic E-state index is 11.2. The zero-order valence-corrected chi connectivity index (χ0v) is 8.87. The first-order valence-corrected chi connectivity index (χ1v) is 4.72. The number of carbonyl (C=O) groups excluding carboxylic acids is 1. The minimum Gasteiger partial charge on any atom is -0.465 e. The van der Waals surface area contributed by atoms with Crippen LogP contribution in [-0.2, 0) is 9.53 Å². The van der Waals surface area contributed by atoms with Crippen molar-refractivity contribution in [3.05, 3.63) is 0 Å². The number of carbonyl (C=O) groups is 2. The summed E-state index contributed by atoms with van der Waals surface area (Å²) in [6.07, 6.45) is -1.29. The molecular weight excluding hydrogens is 210 g/mol. The standard InChI is InChI=1S/C8H14ClNO4/c1-5(2)4-14-7(11)6(3-9)10-8(12)13/h5-6,10H,3-4H2,1-2H3,(H,12,13). The number of ether oxygens (including phenoxy) is 1. The molecule has 1 unspecified atom stereocenters. The number of esters is 1. The second-order valence-electron chi connectivity index (χ2n) is 3.18. The van der Waals surface area contributed by atoms with Crippen LogP contribution in [0.4, 0.5) is 4.79 Å². The molecule has 0 spiro atoms. The van der Waals surface area contributed by atoms with E-state index in [1.54, 1.807) is 0 Å². The highest BCUT2D eigenvalue weighted by Crippen LogP contribution is 1.97. The van der Waals surface area contributed by atoms with E-state index in [0.717, 1.165) is 0 Å². The van der Waals surface area contributed by atoms with Gasteiger partial charge in [-0.2, -0.15) is 0 Å². The molecule has 82 valence electrons. The zero-order valence-electron chi connectivity index (χ0n) is 8.12. The van der Waals surface area contributed by atoms with Gasteiger partial charge in [0.15, 0.2) is 0 Å². The third-order valence-electron chi connectivity index (χ3n) is 1.30. The molecule has 0 heterocycles. The molecule has 0 saturated heterocycles. The van der Waals surface area contributed by atoms with Gasteiger partial charge in [0.1, 0.15) is 6.04 Å². The average Bonchev–Trinajstić information content (AvgIpc) is 2.09. The summed E-state index contributed by atoms with van der Waals surface area (Å²) in [4.78, 5) is 21.4. The van der Waals surface area contributed by atoms with Crippen molar-refractivity contribution in [3.8, 4) is 0 Å². The van der Waals surface area contributed by atoms with E-state index >= 15 is 0 Å². The summed E-state index contributed by atoms with van der Waals surface area (Å²) < 4.78 is 4.81. The lowest BCUT2D eigenvalue weighted by atomic mass is 10.2. The topological polar surface area (TPSA) is 75.6 Å². The Balaban J connectivity index is 3.98. The van der Waals surface area contributed by atoms with Gasteiger partial charge in [-0.25, -0.2) is 9.59 Å². The Morgan fingerprint density at radius 3 is 2.43 bits per heavy atom. The fourth-order valence-electron chi connectivity index (χ4n) is 0.659. The predicted octanol–water partition coefficient (Wildman–Crippen LogP) is 1.06. The van der Waals surface area contributed by atoms with Crippen molar-refractivity contribution in [2.45, 2.75) is 19.9 Å². The van der Waals surface area contributed by atoms with Crippen LogP contribution in [0, 0.1) is 5.92 Å². The van der Waals surface area contributed by atoms with Crippen LogP contribution in [0.1, 0.15) is 13.8 Å². The highest BCUT2D eigenvalue weighted by atomic mass is 35.5. The van der Waals surface area contributed by atoms with Crippen LogP contribution in [0.2, 0.25) is 0 Å². The number of amides is 1. The zero-order chi connectivity index (χ0) is 11.1. The van der Waals surface area contributed by atoms with Gasteiger partial charge in [0, 0.05) is 0 Å². The number of hydrogen-bond donors (Lipinski definition) is 2. The molecule has 0 aliphatic heterocycles. The summed E-state index contributed by atoms with van der Waals surface area (Å²) >= 11 is 5.40. The molecule has 0 radical (unpaired) electrons. The number of alkyl halides is 1. The lowest BCUT2D eigenvalue weighted by molar-refractivity contribution is -0.146. The van der Waals surface area contributed by atoms with Crippen molar-refractivity contribution in [2.24, 2.45) is 5.92 Å². The van der Waals surface area contributed by atoms with E-state index in [1.165, 1.54) is 0 Å². The van der Waals surface area contributed by atoms with E-state index in [4.69, 9.17) is 21.4 Å². The molecule has 0 bridgehead atoms. The highest BCUT2D eigenvalue weighted by Gasteiger charge is 2.20. The minimum absolute atomic E-state index is 0.136. The third kappa shape index (κ3) is 5.64. The Hall–Kier alpha value is -0.970. The van der Waals surface area contributed by atoms with E-state index in [0.29, 0.717) is 0 Å². The van der Waals surface area contributed by atoms with Crippen LogP contribution in [0.15, 0.2) is 0 Å². The Morgan fingerprint density at radius 1 is 1.50 bits per heavy atom. The van der Waals surface area contributed by atoms with Crippen LogP contribution in [0.25, 0.3) is 0 Å². The van der Waals surface area contributed by atoms with E-state index < -0.39 is 18.1 Å². The molecule has 5 nitrogen and oxygen atoms in total. The fraction of sp³-hybridized carbons (Fsp3) is 0.750. The lowest BCUT2D eigenvalue weighted by Crippen LogP contribution is -2.42. The summed E-state index contributed by atoms with van der Waals surface area (Å²) in [7, 11) is 0. The first-order valence-electron chi connectivity index (χ1n) is 4.19.